The zero-order valence-electron chi connectivity index (χ0n) is 10.5. The fourth-order valence-electron chi connectivity index (χ4n) is 2.34. The highest BCUT2D eigenvalue weighted by molar-refractivity contribution is 9.10. The Morgan fingerprint density at radius 2 is 2.39 bits per heavy atom. The van der Waals surface area contributed by atoms with Gasteiger partial charge < -0.3 is 10.6 Å². The molecule has 5 heteroatoms. The van der Waals surface area contributed by atoms with E-state index in [0.717, 1.165) is 23.9 Å². The maximum Gasteiger partial charge on any atom is 0.273 e. The largest absolute Gasteiger partial charge is 0.334 e. The third-order valence-corrected chi connectivity index (χ3v) is 4.17. The Kier molecular flexibility index (Phi) is 4.35. The summed E-state index contributed by atoms with van der Waals surface area (Å²) in [6, 6.07) is 3.91. The van der Waals surface area contributed by atoms with E-state index < -0.39 is 0 Å². The summed E-state index contributed by atoms with van der Waals surface area (Å²) in [4.78, 5) is 18.6. The summed E-state index contributed by atoms with van der Waals surface area (Å²) in [6.07, 6.45) is 3.76. The van der Waals surface area contributed by atoms with Crippen LogP contribution in [0.15, 0.2) is 22.8 Å². The number of aromatic nitrogens is 1. The van der Waals surface area contributed by atoms with E-state index in [1.165, 1.54) is 0 Å². The summed E-state index contributed by atoms with van der Waals surface area (Å²) < 4.78 is 0.747. The summed E-state index contributed by atoms with van der Waals surface area (Å²) in [5.41, 5.74) is 6.20. The van der Waals surface area contributed by atoms with Crippen molar-refractivity contribution in [3.05, 3.63) is 28.5 Å². The van der Waals surface area contributed by atoms with Crippen molar-refractivity contribution in [3.8, 4) is 0 Å². The summed E-state index contributed by atoms with van der Waals surface area (Å²) in [5, 5.41) is 0. The molecule has 0 saturated carbocycles. The third-order valence-electron chi connectivity index (χ3n) is 3.53. The molecule has 0 radical (unpaired) electrons. The summed E-state index contributed by atoms with van der Waals surface area (Å²) >= 11 is 3.38. The van der Waals surface area contributed by atoms with Gasteiger partial charge in [0.2, 0.25) is 0 Å². The number of pyridine rings is 1. The highest BCUT2D eigenvalue weighted by Gasteiger charge is 2.30. The van der Waals surface area contributed by atoms with Crippen LogP contribution in [0.25, 0.3) is 0 Å². The molecule has 98 valence electrons. The SMILES string of the molecule is CC1CCC(CN)CN1C(=O)c1ncccc1Br. The van der Waals surface area contributed by atoms with E-state index in [1.807, 2.05) is 17.0 Å². The van der Waals surface area contributed by atoms with Gasteiger partial charge in [0.1, 0.15) is 5.69 Å². The number of carbonyl (C=O) groups is 1. The van der Waals surface area contributed by atoms with Crippen molar-refractivity contribution in [2.75, 3.05) is 13.1 Å². The van der Waals surface area contributed by atoms with Crippen LogP contribution in [0.2, 0.25) is 0 Å². The van der Waals surface area contributed by atoms with E-state index in [0.29, 0.717) is 18.2 Å². The maximum atomic E-state index is 12.5. The van der Waals surface area contributed by atoms with Crippen molar-refractivity contribution in [1.82, 2.24) is 9.88 Å². The van der Waals surface area contributed by atoms with Crippen LogP contribution < -0.4 is 5.73 Å². The van der Waals surface area contributed by atoms with Gasteiger partial charge in [-0.15, -0.1) is 0 Å². The van der Waals surface area contributed by atoms with Crippen LogP contribution in [0.3, 0.4) is 0 Å². The summed E-state index contributed by atoms with van der Waals surface area (Å²) in [7, 11) is 0. The fourth-order valence-corrected chi connectivity index (χ4v) is 2.76. The molecule has 2 atom stereocenters. The Morgan fingerprint density at radius 1 is 1.61 bits per heavy atom. The first-order valence-corrected chi connectivity index (χ1v) is 7.04. The van der Waals surface area contributed by atoms with Gasteiger partial charge in [0.15, 0.2) is 0 Å². The van der Waals surface area contributed by atoms with Crippen LogP contribution in [0, 0.1) is 5.92 Å². The predicted molar refractivity (Wildman–Crippen MR) is 74.2 cm³/mol. The second-order valence-corrected chi connectivity index (χ2v) is 5.67. The molecule has 1 saturated heterocycles. The molecule has 1 aliphatic rings. The lowest BCUT2D eigenvalue weighted by atomic mass is 9.93. The number of nitrogens with two attached hydrogens (primary N) is 1. The minimum Gasteiger partial charge on any atom is -0.334 e. The molecule has 1 amide bonds. The quantitative estimate of drug-likeness (QED) is 0.909. The molecule has 0 spiro atoms. The molecular formula is C13H18BrN3O. The fraction of sp³-hybridized carbons (Fsp3) is 0.538. The van der Waals surface area contributed by atoms with Crippen molar-refractivity contribution in [2.24, 2.45) is 11.7 Å². The van der Waals surface area contributed by atoms with Crippen LogP contribution >= 0.6 is 15.9 Å². The van der Waals surface area contributed by atoms with Crippen LogP contribution in [-0.2, 0) is 0 Å². The highest BCUT2D eigenvalue weighted by Crippen LogP contribution is 2.24. The van der Waals surface area contributed by atoms with Crippen molar-refractivity contribution in [3.63, 3.8) is 0 Å². The summed E-state index contributed by atoms with van der Waals surface area (Å²) in [6.45, 7) is 3.46. The zero-order valence-corrected chi connectivity index (χ0v) is 12.1. The van der Waals surface area contributed by atoms with Crippen molar-refractivity contribution >= 4 is 21.8 Å². The first-order chi connectivity index (χ1) is 8.63. The number of likely N-dealkylation sites (tertiary alicyclic amines) is 1. The molecule has 2 unspecified atom stereocenters. The van der Waals surface area contributed by atoms with Gasteiger partial charge >= 0.3 is 0 Å². The molecule has 1 aromatic rings. The minimum atomic E-state index is -0.00637. The van der Waals surface area contributed by atoms with Crippen molar-refractivity contribution in [1.29, 1.82) is 0 Å². The van der Waals surface area contributed by atoms with Crippen molar-refractivity contribution in [2.45, 2.75) is 25.8 Å². The first kappa shape index (κ1) is 13.5. The van der Waals surface area contributed by atoms with E-state index in [1.54, 1.807) is 6.20 Å². The van der Waals surface area contributed by atoms with E-state index in [9.17, 15) is 4.79 Å². The van der Waals surface area contributed by atoms with Crippen LogP contribution in [0.5, 0.6) is 0 Å². The number of hydrogen-bond donors (Lipinski definition) is 1. The standard InChI is InChI=1S/C13H18BrN3O/c1-9-4-5-10(7-15)8-17(9)13(18)12-11(14)3-2-6-16-12/h2-3,6,9-10H,4-5,7-8,15H2,1H3. The molecule has 0 bridgehead atoms. The minimum absolute atomic E-state index is 0.00637. The van der Waals surface area contributed by atoms with Crippen LogP contribution in [0.4, 0.5) is 0 Å². The normalized spacial score (nSPS) is 24.1. The Morgan fingerprint density at radius 3 is 3.06 bits per heavy atom. The second-order valence-electron chi connectivity index (χ2n) is 4.82. The number of halogens is 1. The first-order valence-electron chi connectivity index (χ1n) is 6.25. The van der Waals surface area contributed by atoms with E-state index in [4.69, 9.17) is 5.73 Å². The molecule has 4 nitrogen and oxygen atoms in total. The van der Waals surface area contributed by atoms with E-state index in [-0.39, 0.29) is 11.9 Å². The smallest absolute Gasteiger partial charge is 0.273 e. The molecule has 0 aliphatic carbocycles. The lowest BCUT2D eigenvalue weighted by molar-refractivity contribution is 0.0560. The van der Waals surface area contributed by atoms with E-state index >= 15 is 0 Å². The number of carbonyl (C=O) groups excluding carboxylic acids is 1. The van der Waals surface area contributed by atoms with Gasteiger partial charge in [0.05, 0.1) is 0 Å². The van der Waals surface area contributed by atoms with Gasteiger partial charge in [-0.05, 0) is 60.3 Å². The number of piperidine rings is 1. The van der Waals surface area contributed by atoms with Crippen molar-refractivity contribution < 1.29 is 4.79 Å². The van der Waals surface area contributed by atoms with Gasteiger partial charge in [-0.1, -0.05) is 0 Å². The van der Waals surface area contributed by atoms with Gasteiger partial charge in [0, 0.05) is 23.3 Å². The topological polar surface area (TPSA) is 59.2 Å². The molecule has 18 heavy (non-hydrogen) atoms. The molecule has 2 rings (SSSR count). The van der Waals surface area contributed by atoms with Crippen LogP contribution in [-0.4, -0.2) is 34.9 Å². The average Bonchev–Trinajstić information content (AvgIpc) is 2.39. The Labute approximate surface area is 116 Å². The number of rotatable bonds is 2. The molecular weight excluding hydrogens is 294 g/mol. The molecule has 0 aromatic carbocycles. The number of nitrogens with zero attached hydrogens (tertiary/aromatic N) is 2. The van der Waals surface area contributed by atoms with Crippen LogP contribution in [0.1, 0.15) is 30.3 Å². The molecule has 1 aromatic heterocycles. The van der Waals surface area contributed by atoms with Gasteiger partial charge in [-0.3, -0.25) is 4.79 Å². The number of hydrogen-bond acceptors (Lipinski definition) is 3. The van der Waals surface area contributed by atoms with Gasteiger partial charge in [-0.25, -0.2) is 4.98 Å². The molecule has 2 heterocycles. The average molecular weight is 312 g/mol. The number of amides is 1. The molecule has 1 fully saturated rings. The maximum absolute atomic E-state index is 12.5. The zero-order chi connectivity index (χ0) is 13.1. The molecule has 1 aliphatic heterocycles. The highest BCUT2D eigenvalue weighted by atomic mass is 79.9. The van der Waals surface area contributed by atoms with Gasteiger partial charge in [-0.2, -0.15) is 0 Å². The Bertz CT molecular complexity index is 438. The predicted octanol–water partition coefficient (Wildman–Crippen LogP) is 2.04. The molecule has 2 N–H and O–H groups in total. The Hall–Kier alpha value is -0.940. The second kappa shape index (κ2) is 5.80. The Balaban J connectivity index is 2.19. The lowest BCUT2D eigenvalue weighted by Crippen LogP contribution is -2.47. The van der Waals surface area contributed by atoms with E-state index in [2.05, 4.69) is 27.8 Å². The lowest BCUT2D eigenvalue weighted by Gasteiger charge is -2.37. The monoisotopic (exact) mass is 311 g/mol. The third kappa shape index (κ3) is 2.72. The summed E-state index contributed by atoms with van der Waals surface area (Å²) in [5.74, 6) is 0.403. The van der Waals surface area contributed by atoms with Gasteiger partial charge in [0.25, 0.3) is 5.91 Å².